The second-order valence-electron chi connectivity index (χ2n) is 6.61. The van der Waals surface area contributed by atoms with Crippen LogP contribution in [-0.4, -0.2) is 6.10 Å². The summed E-state index contributed by atoms with van der Waals surface area (Å²) in [6, 6.07) is 0. The Hall–Kier alpha value is -1.07. The summed E-state index contributed by atoms with van der Waals surface area (Å²) in [5.74, 6) is 6.85. The van der Waals surface area contributed by atoms with Crippen LogP contribution in [0.1, 0.15) is 72.6 Å². The predicted molar refractivity (Wildman–Crippen MR) is 98.6 cm³/mol. The highest BCUT2D eigenvalue weighted by Gasteiger charge is 2.31. The Morgan fingerprint density at radius 1 is 1.22 bits per heavy atom. The fourth-order valence-electron chi connectivity index (χ4n) is 3.19. The molecule has 0 N–H and O–H groups in total. The van der Waals surface area contributed by atoms with Crippen LogP contribution in [-0.2, 0) is 4.94 Å². The molecule has 0 aromatic rings. The van der Waals surface area contributed by atoms with Crippen molar-refractivity contribution in [1.29, 1.82) is 0 Å². The van der Waals surface area contributed by atoms with Crippen LogP contribution in [0.4, 0.5) is 4.53 Å². The van der Waals surface area contributed by atoms with Gasteiger partial charge in [-0.05, 0) is 68.2 Å². The van der Waals surface area contributed by atoms with E-state index >= 15 is 0 Å². The molecule has 1 nitrogen and oxygen atoms in total. The highest BCUT2D eigenvalue weighted by molar-refractivity contribution is 4.89. The first-order chi connectivity index (χ1) is 11.1. The number of hydrogen-bond donors (Lipinski definition) is 0. The van der Waals surface area contributed by atoms with Crippen LogP contribution in [0.5, 0.6) is 0 Å². The van der Waals surface area contributed by atoms with Gasteiger partial charge in [0, 0.05) is 0 Å². The molecule has 3 atom stereocenters. The molecule has 23 heavy (non-hydrogen) atoms. The molecular formula is C21H35FO. The molecule has 1 fully saturated rings. The molecule has 0 radical (unpaired) electrons. The molecule has 1 saturated carbocycles. The minimum absolute atomic E-state index is 0.234. The maximum absolute atomic E-state index is 12.9. The summed E-state index contributed by atoms with van der Waals surface area (Å²) in [6.45, 7) is 11.8. The van der Waals surface area contributed by atoms with Crippen LogP contribution in [0.15, 0.2) is 24.8 Å². The third-order valence-electron chi connectivity index (χ3n) is 4.42. The van der Waals surface area contributed by atoms with Crippen LogP contribution in [0.2, 0.25) is 0 Å². The summed E-state index contributed by atoms with van der Waals surface area (Å²) < 4.78 is 12.9. The van der Waals surface area contributed by atoms with Crippen LogP contribution in [0.3, 0.4) is 0 Å². The molecule has 132 valence electrons. The third-order valence-corrected chi connectivity index (χ3v) is 4.42. The Kier molecular flexibility index (Phi) is 13.8. The van der Waals surface area contributed by atoms with Gasteiger partial charge in [-0.15, -0.1) is 18.4 Å². The number of allylic oxidation sites excluding steroid dienone is 3. The molecule has 0 saturated heterocycles. The second-order valence-corrected chi connectivity index (χ2v) is 6.61. The summed E-state index contributed by atoms with van der Waals surface area (Å²) >= 11 is 0. The second kappa shape index (κ2) is 14.5. The Morgan fingerprint density at radius 2 is 1.87 bits per heavy atom. The zero-order valence-electron chi connectivity index (χ0n) is 15.5. The van der Waals surface area contributed by atoms with Gasteiger partial charge in [-0.1, -0.05) is 44.9 Å². The van der Waals surface area contributed by atoms with E-state index in [0.717, 1.165) is 25.7 Å². The summed E-state index contributed by atoms with van der Waals surface area (Å²) in [6.07, 6.45) is 13.5. The van der Waals surface area contributed by atoms with Gasteiger partial charge >= 0.3 is 0 Å². The van der Waals surface area contributed by atoms with Crippen molar-refractivity contribution in [3.8, 4) is 11.8 Å². The first-order valence-corrected chi connectivity index (χ1v) is 8.99. The highest BCUT2D eigenvalue weighted by Crippen LogP contribution is 2.37. The molecule has 0 aromatic carbocycles. The molecule has 1 aliphatic carbocycles. The van der Waals surface area contributed by atoms with Gasteiger partial charge in [-0.25, -0.2) is 0 Å². The molecule has 1 rings (SSSR count). The van der Waals surface area contributed by atoms with Crippen LogP contribution in [0, 0.1) is 29.6 Å². The molecule has 0 amide bonds. The number of rotatable bonds is 8. The maximum Gasteiger partial charge on any atom is 0.102 e. The third kappa shape index (κ3) is 10.3. The van der Waals surface area contributed by atoms with E-state index in [2.05, 4.69) is 49.4 Å². The topological polar surface area (TPSA) is 9.23 Å². The monoisotopic (exact) mass is 322 g/mol. The lowest BCUT2D eigenvalue weighted by atomic mass is 9.74. The van der Waals surface area contributed by atoms with E-state index in [1.165, 1.54) is 19.3 Å². The van der Waals surface area contributed by atoms with Gasteiger partial charge in [0.1, 0.15) is 6.10 Å². The zero-order valence-corrected chi connectivity index (χ0v) is 15.5. The van der Waals surface area contributed by atoms with Crippen molar-refractivity contribution in [2.24, 2.45) is 17.8 Å². The van der Waals surface area contributed by atoms with Crippen molar-refractivity contribution in [1.82, 2.24) is 0 Å². The van der Waals surface area contributed by atoms with Gasteiger partial charge in [-0.3, -0.25) is 0 Å². The van der Waals surface area contributed by atoms with Gasteiger partial charge in [0.25, 0.3) is 0 Å². The van der Waals surface area contributed by atoms with Crippen LogP contribution >= 0.6 is 0 Å². The standard InChI is InChI=1S/C17H29FO.C4H6/c1-4-9-15-11-6-7-12-16(15)17(19-18)13-8-5-10-14(2)3;1-3-4-2/h4-5,10,14-17H,1,6-9,11-13H2,2-3H3;1-2H3/b10-5+;. The Balaban J connectivity index is 0.00000108. The van der Waals surface area contributed by atoms with Crippen molar-refractivity contribution in [2.75, 3.05) is 0 Å². The van der Waals surface area contributed by atoms with Crippen molar-refractivity contribution in [2.45, 2.75) is 78.7 Å². The zero-order chi connectivity index (χ0) is 17.5. The van der Waals surface area contributed by atoms with Crippen LogP contribution in [0.25, 0.3) is 0 Å². The molecule has 3 unspecified atom stereocenters. The Labute approximate surface area is 143 Å². The summed E-state index contributed by atoms with van der Waals surface area (Å²) in [7, 11) is 0. The molecule has 2 heteroatoms. The minimum atomic E-state index is -0.234. The van der Waals surface area contributed by atoms with Crippen molar-refractivity contribution < 1.29 is 9.47 Å². The lowest BCUT2D eigenvalue weighted by Crippen LogP contribution is -2.31. The van der Waals surface area contributed by atoms with E-state index in [1.807, 2.05) is 19.9 Å². The molecule has 0 spiro atoms. The molecule has 0 heterocycles. The first-order valence-electron chi connectivity index (χ1n) is 8.99. The molecule has 1 aliphatic rings. The Morgan fingerprint density at radius 3 is 2.39 bits per heavy atom. The normalized spacial score (nSPS) is 22.0. The smallest absolute Gasteiger partial charge is 0.102 e. The van der Waals surface area contributed by atoms with Crippen LogP contribution < -0.4 is 0 Å². The molecule has 0 aromatic heterocycles. The van der Waals surface area contributed by atoms with E-state index in [-0.39, 0.29) is 6.10 Å². The quantitative estimate of drug-likeness (QED) is 0.358. The van der Waals surface area contributed by atoms with Crippen molar-refractivity contribution in [3.63, 3.8) is 0 Å². The van der Waals surface area contributed by atoms with Gasteiger partial charge in [0.05, 0.1) is 0 Å². The lowest BCUT2D eigenvalue weighted by Gasteiger charge is -2.34. The van der Waals surface area contributed by atoms with E-state index in [0.29, 0.717) is 17.8 Å². The predicted octanol–water partition coefficient (Wildman–Crippen LogP) is 6.66. The van der Waals surface area contributed by atoms with Gasteiger partial charge in [-0.2, -0.15) is 4.94 Å². The van der Waals surface area contributed by atoms with E-state index < -0.39 is 0 Å². The lowest BCUT2D eigenvalue weighted by molar-refractivity contribution is -0.206. The van der Waals surface area contributed by atoms with E-state index in [9.17, 15) is 4.53 Å². The minimum Gasteiger partial charge on any atom is -0.191 e. The summed E-state index contributed by atoms with van der Waals surface area (Å²) in [4.78, 5) is 4.31. The molecule has 0 bridgehead atoms. The number of halogens is 1. The number of hydrogen-bond acceptors (Lipinski definition) is 1. The fraction of sp³-hybridized carbons (Fsp3) is 0.714. The first kappa shape index (κ1) is 21.9. The summed E-state index contributed by atoms with van der Waals surface area (Å²) in [5, 5.41) is 0. The molecular weight excluding hydrogens is 287 g/mol. The Bertz CT molecular complexity index is 369. The maximum atomic E-state index is 12.9. The SMILES string of the molecule is C=CCC1CCCCC1C(CC/C=C/C(C)C)OF.CC#CC. The fourth-order valence-corrected chi connectivity index (χ4v) is 3.19. The van der Waals surface area contributed by atoms with E-state index in [1.54, 1.807) is 0 Å². The van der Waals surface area contributed by atoms with E-state index in [4.69, 9.17) is 0 Å². The average Bonchev–Trinajstić information content (AvgIpc) is 2.56. The van der Waals surface area contributed by atoms with Crippen molar-refractivity contribution in [3.05, 3.63) is 24.8 Å². The van der Waals surface area contributed by atoms with Crippen molar-refractivity contribution >= 4 is 0 Å². The average molecular weight is 323 g/mol. The van der Waals surface area contributed by atoms with Gasteiger partial charge < -0.3 is 0 Å². The summed E-state index contributed by atoms with van der Waals surface area (Å²) in [5.41, 5.74) is 0. The highest BCUT2D eigenvalue weighted by atomic mass is 19.3. The van der Waals surface area contributed by atoms with Gasteiger partial charge in [0.15, 0.2) is 0 Å². The molecule has 0 aliphatic heterocycles. The van der Waals surface area contributed by atoms with Gasteiger partial charge in [0.2, 0.25) is 0 Å². The largest absolute Gasteiger partial charge is 0.191 e.